The number of furan rings is 1. The first-order chi connectivity index (χ1) is 23.7. The Balaban J connectivity index is 0.000000215. The van der Waals surface area contributed by atoms with E-state index in [9.17, 15) is 0 Å². The van der Waals surface area contributed by atoms with Gasteiger partial charge in [0.1, 0.15) is 0 Å². The second-order valence-corrected chi connectivity index (χ2v) is 18.4. The number of fused-ring (bicyclic) bond motifs is 4. The van der Waals surface area contributed by atoms with Gasteiger partial charge in [-0.3, -0.25) is 4.98 Å². The Labute approximate surface area is 303 Å². The Bertz CT molecular complexity index is 2380. The zero-order valence-electron chi connectivity index (χ0n) is 29.3. The molecule has 4 heterocycles. The van der Waals surface area contributed by atoms with E-state index in [1.54, 1.807) is 0 Å². The number of nitrogens with zero attached hydrogens (tertiary/aromatic N) is 4. The van der Waals surface area contributed by atoms with Crippen LogP contribution >= 0.6 is 0 Å². The Hall–Kier alpha value is -4.68. The average molecular weight is 836 g/mol. The van der Waals surface area contributed by atoms with Gasteiger partial charge in [0, 0.05) is 50.9 Å². The Morgan fingerprint density at radius 3 is 2.29 bits per heavy atom. The van der Waals surface area contributed by atoms with Crippen LogP contribution in [0.2, 0.25) is 19.6 Å². The molecule has 0 bridgehead atoms. The number of benzene rings is 4. The SMILES string of the molecule is C[Si](C)(C)c1ccc(-c2[c-]cccc2)nc1.[2H]Cc1ccc(-c2cnc3oc4c(-c5nc6ccccc6n5C(C)C)[c-]ccc4c3c2)cc1.[Ir]. The van der Waals surface area contributed by atoms with Crippen molar-refractivity contribution in [3.63, 3.8) is 0 Å². The quantitative estimate of drug-likeness (QED) is 0.128. The van der Waals surface area contributed by atoms with Gasteiger partial charge in [0.25, 0.3) is 0 Å². The Kier molecular flexibility index (Phi) is 9.41. The largest absolute Gasteiger partial charge is 0.486 e. The van der Waals surface area contributed by atoms with Gasteiger partial charge in [0.05, 0.1) is 30.5 Å². The zero-order chi connectivity index (χ0) is 34.1. The monoisotopic (exact) mass is 836 g/mol. The number of hydrogen-bond acceptors (Lipinski definition) is 4. The summed E-state index contributed by atoms with van der Waals surface area (Å²) >= 11 is 0. The van der Waals surface area contributed by atoms with Crippen LogP contribution in [0.1, 0.15) is 26.8 Å². The predicted molar refractivity (Wildman–Crippen MR) is 201 cm³/mol. The van der Waals surface area contributed by atoms with Gasteiger partial charge in [-0.25, -0.2) is 4.98 Å². The minimum Gasteiger partial charge on any atom is -0.486 e. The number of pyridine rings is 2. The van der Waals surface area contributed by atoms with E-state index in [2.05, 4.69) is 84.4 Å². The molecule has 1 radical (unpaired) electrons. The van der Waals surface area contributed by atoms with Gasteiger partial charge in [-0.15, -0.1) is 54.1 Å². The second kappa shape index (κ2) is 14.0. The molecule has 0 spiro atoms. The fraction of sp³-hybridized carbons (Fsp3) is 0.167. The van der Waals surface area contributed by atoms with Crippen LogP contribution in [-0.4, -0.2) is 27.6 Å². The average Bonchev–Trinajstić information content (AvgIpc) is 3.71. The molecule has 0 aliphatic heterocycles. The minimum absolute atomic E-state index is 0. The molecule has 8 aromatic rings. The molecule has 0 aliphatic rings. The third-order valence-electron chi connectivity index (χ3n) is 8.53. The van der Waals surface area contributed by atoms with Gasteiger partial charge in [0.15, 0.2) is 0 Å². The van der Waals surface area contributed by atoms with Crippen LogP contribution in [0.4, 0.5) is 0 Å². The van der Waals surface area contributed by atoms with Crippen LogP contribution < -0.4 is 5.19 Å². The van der Waals surface area contributed by atoms with Crippen molar-refractivity contribution in [2.75, 3.05) is 0 Å². The van der Waals surface area contributed by atoms with Gasteiger partial charge >= 0.3 is 0 Å². The summed E-state index contributed by atoms with van der Waals surface area (Å²) in [6.07, 6.45) is 3.86. The molecule has 0 N–H and O–H groups in total. The van der Waals surface area contributed by atoms with Crippen molar-refractivity contribution < 1.29 is 25.9 Å². The van der Waals surface area contributed by atoms with Crippen LogP contribution in [0, 0.1) is 19.0 Å². The van der Waals surface area contributed by atoms with E-state index in [0.717, 1.165) is 66.7 Å². The second-order valence-electron chi connectivity index (χ2n) is 13.3. The van der Waals surface area contributed by atoms with Gasteiger partial charge < -0.3 is 14.0 Å². The molecular formula is C42H38IrN4OSi-2. The molecule has 4 aromatic heterocycles. The summed E-state index contributed by atoms with van der Waals surface area (Å²) < 4.78 is 16.0. The molecule has 0 aliphatic carbocycles. The number of hydrogen-bond donors (Lipinski definition) is 0. The molecule has 7 heteroatoms. The first-order valence-electron chi connectivity index (χ1n) is 16.9. The first kappa shape index (κ1) is 32.8. The van der Waals surface area contributed by atoms with Gasteiger partial charge in [-0.1, -0.05) is 84.7 Å². The van der Waals surface area contributed by atoms with Crippen LogP contribution in [0.15, 0.2) is 120 Å². The maximum atomic E-state index is 7.53. The molecule has 5 nitrogen and oxygen atoms in total. The number of aryl methyl sites for hydroxylation is 1. The van der Waals surface area contributed by atoms with Crippen molar-refractivity contribution >= 4 is 46.4 Å². The molecule has 0 unspecified atom stereocenters. The van der Waals surface area contributed by atoms with E-state index < -0.39 is 8.07 Å². The van der Waals surface area contributed by atoms with Crippen molar-refractivity contribution in [3.8, 4) is 33.8 Å². The summed E-state index contributed by atoms with van der Waals surface area (Å²) in [6.45, 7) is 11.6. The normalized spacial score (nSPS) is 11.8. The zero-order valence-corrected chi connectivity index (χ0v) is 31.7. The number of para-hydroxylation sites is 2. The molecule has 8 rings (SSSR count). The van der Waals surface area contributed by atoms with Gasteiger partial charge in [0.2, 0.25) is 5.71 Å². The van der Waals surface area contributed by atoms with Crippen molar-refractivity contribution in [1.29, 1.82) is 0 Å². The number of rotatable bonds is 5. The van der Waals surface area contributed by atoms with Crippen LogP contribution in [0.3, 0.4) is 0 Å². The summed E-state index contributed by atoms with van der Waals surface area (Å²) in [5.74, 6) is 0.849. The molecule has 49 heavy (non-hydrogen) atoms. The van der Waals surface area contributed by atoms with E-state index >= 15 is 0 Å². The van der Waals surface area contributed by atoms with Gasteiger partial charge in [-0.2, -0.15) is 0 Å². The third-order valence-corrected chi connectivity index (χ3v) is 10.6. The van der Waals surface area contributed by atoms with E-state index in [-0.39, 0.29) is 33.0 Å². The molecule has 0 fully saturated rings. The first-order valence-corrected chi connectivity index (χ1v) is 19.7. The Morgan fingerprint density at radius 2 is 1.59 bits per heavy atom. The number of imidazole rings is 1. The summed E-state index contributed by atoms with van der Waals surface area (Å²) in [7, 11) is -1.23. The smallest absolute Gasteiger partial charge is 0.216 e. The molecule has 0 atom stereocenters. The molecular weight excluding hydrogens is 797 g/mol. The van der Waals surface area contributed by atoms with Crippen LogP contribution in [-0.2, 0) is 20.1 Å². The van der Waals surface area contributed by atoms with Crippen molar-refractivity contribution in [3.05, 3.63) is 133 Å². The molecule has 247 valence electrons. The standard InChI is InChI=1S/C28H22N3O.C14H16NSi.Ir/c1-17(2)31-25-10-5-4-9-24(25)30-27(31)22-8-6-7-21-23-15-20(16-29-28(23)32-26(21)22)19-13-11-18(3)12-14-19;1-16(2,3)13-9-10-14(15-11-13)12-7-5-4-6-8-12;/h4-7,9-17H,1-3H3;4-7,9-11H,1-3H3;/q2*-1;/i3D;;. The topological polar surface area (TPSA) is 56.7 Å². The van der Waals surface area contributed by atoms with E-state index in [1.165, 1.54) is 5.19 Å². The van der Waals surface area contributed by atoms with Gasteiger partial charge in [-0.05, 0) is 55.4 Å². The summed E-state index contributed by atoms with van der Waals surface area (Å²) in [6, 6.07) is 41.4. The molecule has 4 aromatic carbocycles. The Morgan fingerprint density at radius 1 is 0.796 bits per heavy atom. The third kappa shape index (κ3) is 6.93. The van der Waals surface area contributed by atoms with E-state index in [4.69, 9.17) is 10.8 Å². The maximum Gasteiger partial charge on any atom is 0.216 e. The minimum atomic E-state index is -1.23. The fourth-order valence-corrected chi connectivity index (χ4v) is 6.97. The molecule has 0 saturated carbocycles. The van der Waals surface area contributed by atoms with E-state index in [1.807, 2.05) is 91.3 Å². The van der Waals surface area contributed by atoms with Crippen LogP contribution in [0.5, 0.6) is 0 Å². The van der Waals surface area contributed by atoms with Crippen LogP contribution in [0.25, 0.3) is 66.9 Å². The summed E-state index contributed by atoms with van der Waals surface area (Å²) in [5.41, 5.74) is 9.40. The molecule has 0 amide bonds. The maximum absolute atomic E-state index is 7.53. The summed E-state index contributed by atoms with van der Waals surface area (Å²) in [4.78, 5) is 14.1. The predicted octanol–water partition coefficient (Wildman–Crippen LogP) is 10.4. The number of aromatic nitrogens is 4. The summed E-state index contributed by atoms with van der Waals surface area (Å²) in [5, 5.41) is 3.36. The van der Waals surface area contributed by atoms with Crippen molar-refractivity contribution in [2.45, 2.75) is 46.4 Å². The molecule has 0 saturated heterocycles. The van der Waals surface area contributed by atoms with Crippen molar-refractivity contribution in [2.24, 2.45) is 0 Å². The van der Waals surface area contributed by atoms with Crippen molar-refractivity contribution in [1.82, 2.24) is 19.5 Å². The fourth-order valence-electron chi connectivity index (χ4n) is 5.94. The van der Waals surface area contributed by atoms with E-state index in [0.29, 0.717) is 5.71 Å².